The van der Waals surface area contributed by atoms with Crippen LogP contribution in [0.4, 0.5) is 34.1 Å². The van der Waals surface area contributed by atoms with E-state index in [9.17, 15) is 0 Å². The molecule has 260 valence electrons. The van der Waals surface area contributed by atoms with E-state index >= 15 is 0 Å². The third kappa shape index (κ3) is 5.80. The fraction of sp³-hybridized carbons (Fsp3) is 0. The second-order valence-electron chi connectivity index (χ2n) is 13.7. The normalized spacial score (nSPS) is 11.3. The third-order valence-electron chi connectivity index (χ3n) is 10.4. The molecule has 1 heterocycles. The highest BCUT2D eigenvalue weighted by Crippen LogP contribution is 2.50. The molecule has 0 N–H and O–H groups in total. The minimum absolute atomic E-state index is 0.825. The van der Waals surface area contributed by atoms with Crippen LogP contribution in [0.1, 0.15) is 0 Å². The van der Waals surface area contributed by atoms with E-state index in [1.54, 1.807) is 0 Å². The average Bonchev–Trinajstić information content (AvgIpc) is 3.65. The second-order valence-corrected chi connectivity index (χ2v) is 13.7. The lowest BCUT2D eigenvalue weighted by molar-refractivity contribution is 0.669. The molecule has 0 amide bonds. The van der Waals surface area contributed by atoms with Gasteiger partial charge in [-0.3, -0.25) is 0 Å². The fourth-order valence-corrected chi connectivity index (χ4v) is 7.96. The van der Waals surface area contributed by atoms with Crippen molar-refractivity contribution < 1.29 is 4.42 Å². The third-order valence-corrected chi connectivity index (χ3v) is 10.4. The smallest absolute Gasteiger partial charge is 0.159 e. The predicted octanol–water partition coefficient (Wildman–Crippen LogP) is 15.0. The van der Waals surface area contributed by atoms with Gasteiger partial charge in [-0.25, -0.2) is 0 Å². The molecule has 10 aromatic rings. The Morgan fingerprint density at radius 1 is 0.327 bits per heavy atom. The summed E-state index contributed by atoms with van der Waals surface area (Å²) < 4.78 is 7.04. The first kappa shape index (κ1) is 32.3. The van der Waals surface area contributed by atoms with E-state index < -0.39 is 0 Å². The average molecular weight is 705 g/mol. The minimum Gasteiger partial charge on any atom is -0.454 e. The van der Waals surface area contributed by atoms with Crippen molar-refractivity contribution in [2.24, 2.45) is 0 Å². The Bertz CT molecular complexity index is 2920. The van der Waals surface area contributed by atoms with Crippen molar-refractivity contribution in [3.63, 3.8) is 0 Å². The summed E-state index contributed by atoms with van der Waals surface area (Å²) in [5, 5.41) is 4.49. The van der Waals surface area contributed by atoms with Crippen molar-refractivity contribution in [2.45, 2.75) is 0 Å². The maximum absolute atomic E-state index is 7.04. The molecule has 0 fully saturated rings. The van der Waals surface area contributed by atoms with Gasteiger partial charge in [-0.2, -0.15) is 0 Å². The number of hydrogen-bond acceptors (Lipinski definition) is 3. The number of para-hydroxylation sites is 4. The standard InChI is InChI=1S/C52H36N2O/c1-5-19-37(20-6-1)43-28-15-17-31-47(43)53(40-24-9-3-10-25-40)42-35-46-51-45-30-14-13-23-39(45)33-34-50(51)55-52(46)49(36-42)54(41-26-11-4-12-27-41)48-32-18-16-29-44(48)38-21-7-2-8-22-38/h1-36H. The SMILES string of the molecule is c1ccc(-c2ccccc2N(c2ccccc2)c2cc(N(c3ccccc3)c3ccccc3-c3ccccc3)c3oc4ccc5ccccc5c4c3c2)cc1. The van der Waals surface area contributed by atoms with Gasteiger partial charge >= 0.3 is 0 Å². The summed E-state index contributed by atoms with van der Waals surface area (Å²) in [5.41, 5.74) is 12.4. The number of fused-ring (bicyclic) bond motifs is 5. The monoisotopic (exact) mass is 704 g/mol. The number of anilines is 6. The molecule has 0 atom stereocenters. The maximum Gasteiger partial charge on any atom is 0.159 e. The molecule has 10 rings (SSSR count). The summed E-state index contributed by atoms with van der Waals surface area (Å²) in [6, 6.07) is 77.4. The highest BCUT2D eigenvalue weighted by Gasteiger charge is 2.26. The van der Waals surface area contributed by atoms with E-state index in [2.05, 4.69) is 228 Å². The highest BCUT2D eigenvalue weighted by molar-refractivity contribution is 6.22. The molecular weight excluding hydrogens is 669 g/mol. The zero-order valence-corrected chi connectivity index (χ0v) is 30.1. The summed E-state index contributed by atoms with van der Waals surface area (Å²) in [6.45, 7) is 0. The van der Waals surface area contributed by atoms with Gasteiger partial charge in [0.25, 0.3) is 0 Å². The maximum atomic E-state index is 7.04. The van der Waals surface area contributed by atoms with Crippen LogP contribution in [0.2, 0.25) is 0 Å². The van der Waals surface area contributed by atoms with Gasteiger partial charge in [0, 0.05) is 39.0 Å². The van der Waals surface area contributed by atoms with E-state index in [4.69, 9.17) is 4.42 Å². The minimum atomic E-state index is 0.825. The lowest BCUT2D eigenvalue weighted by Crippen LogP contribution is -2.14. The van der Waals surface area contributed by atoms with E-state index in [1.165, 1.54) is 5.39 Å². The predicted molar refractivity (Wildman–Crippen MR) is 231 cm³/mol. The quantitative estimate of drug-likeness (QED) is 0.157. The molecule has 0 bridgehead atoms. The number of benzene rings is 9. The summed E-state index contributed by atoms with van der Waals surface area (Å²) in [4.78, 5) is 4.76. The molecule has 3 heteroatoms. The molecule has 1 aromatic heterocycles. The molecule has 0 radical (unpaired) electrons. The van der Waals surface area contributed by atoms with Crippen LogP contribution in [0, 0.1) is 0 Å². The highest BCUT2D eigenvalue weighted by atomic mass is 16.3. The van der Waals surface area contributed by atoms with Gasteiger partial charge in [0.1, 0.15) is 5.58 Å². The molecular formula is C52H36N2O. The van der Waals surface area contributed by atoms with Gasteiger partial charge in [-0.05, 0) is 76.5 Å². The van der Waals surface area contributed by atoms with E-state index in [1.807, 2.05) is 0 Å². The summed E-state index contributed by atoms with van der Waals surface area (Å²) in [6.07, 6.45) is 0. The van der Waals surface area contributed by atoms with Crippen LogP contribution in [0.3, 0.4) is 0 Å². The topological polar surface area (TPSA) is 19.6 Å². The first-order valence-electron chi connectivity index (χ1n) is 18.7. The number of hydrogen-bond donors (Lipinski definition) is 0. The summed E-state index contributed by atoms with van der Waals surface area (Å²) in [5.74, 6) is 0. The Hall–Kier alpha value is -7.36. The number of furan rings is 1. The van der Waals surface area contributed by atoms with E-state index in [0.717, 1.165) is 83.7 Å². The largest absolute Gasteiger partial charge is 0.454 e. The van der Waals surface area contributed by atoms with E-state index in [-0.39, 0.29) is 0 Å². The van der Waals surface area contributed by atoms with Gasteiger partial charge in [0.15, 0.2) is 5.58 Å². The Kier molecular flexibility index (Phi) is 8.16. The Morgan fingerprint density at radius 3 is 1.44 bits per heavy atom. The second kappa shape index (κ2) is 13.9. The van der Waals surface area contributed by atoms with Crippen molar-refractivity contribution >= 4 is 66.8 Å². The molecule has 0 aliphatic carbocycles. The fourth-order valence-electron chi connectivity index (χ4n) is 7.96. The van der Waals surface area contributed by atoms with Gasteiger partial charge in [0.2, 0.25) is 0 Å². The number of rotatable bonds is 8. The van der Waals surface area contributed by atoms with Crippen LogP contribution in [-0.2, 0) is 0 Å². The van der Waals surface area contributed by atoms with Gasteiger partial charge in [-0.15, -0.1) is 0 Å². The summed E-state index contributed by atoms with van der Waals surface area (Å²) >= 11 is 0. The molecule has 0 spiro atoms. The van der Waals surface area contributed by atoms with Crippen molar-refractivity contribution in [1.82, 2.24) is 0 Å². The van der Waals surface area contributed by atoms with Gasteiger partial charge in [0.05, 0.1) is 17.1 Å². The van der Waals surface area contributed by atoms with Crippen LogP contribution in [0.15, 0.2) is 223 Å². The van der Waals surface area contributed by atoms with Crippen LogP contribution >= 0.6 is 0 Å². The first-order chi connectivity index (χ1) is 27.3. The Balaban J connectivity index is 1.34. The Labute approximate surface area is 320 Å². The number of nitrogens with zero attached hydrogens (tertiary/aromatic N) is 2. The van der Waals surface area contributed by atoms with Crippen molar-refractivity contribution in [2.75, 3.05) is 9.80 Å². The lowest BCUT2D eigenvalue weighted by atomic mass is 9.99. The van der Waals surface area contributed by atoms with Crippen LogP contribution in [0.5, 0.6) is 0 Å². The van der Waals surface area contributed by atoms with Gasteiger partial charge in [-0.1, -0.05) is 164 Å². The van der Waals surface area contributed by atoms with Crippen molar-refractivity contribution in [3.8, 4) is 22.3 Å². The molecule has 0 unspecified atom stereocenters. The van der Waals surface area contributed by atoms with Crippen LogP contribution < -0.4 is 9.80 Å². The lowest BCUT2D eigenvalue weighted by Gasteiger charge is -2.31. The molecule has 0 aliphatic heterocycles. The molecule has 3 nitrogen and oxygen atoms in total. The molecule has 9 aromatic carbocycles. The van der Waals surface area contributed by atoms with E-state index in [0.29, 0.717) is 0 Å². The van der Waals surface area contributed by atoms with Crippen molar-refractivity contribution in [1.29, 1.82) is 0 Å². The molecule has 0 aliphatic rings. The molecule has 0 saturated carbocycles. The first-order valence-corrected chi connectivity index (χ1v) is 18.7. The molecule has 55 heavy (non-hydrogen) atoms. The zero-order valence-electron chi connectivity index (χ0n) is 30.1. The molecule has 0 saturated heterocycles. The van der Waals surface area contributed by atoms with Gasteiger partial charge < -0.3 is 14.2 Å². The summed E-state index contributed by atoms with van der Waals surface area (Å²) in [7, 11) is 0. The van der Waals surface area contributed by atoms with Crippen LogP contribution in [-0.4, -0.2) is 0 Å². The Morgan fingerprint density at radius 2 is 0.818 bits per heavy atom. The van der Waals surface area contributed by atoms with Crippen molar-refractivity contribution in [3.05, 3.63) is 218 Å². The zero-order chi connectivity index (χ0) is 36.6. The van der Waals surface area contributed by atoms with Crippen LogP contribution in [0.25, 0.3) is 55.0 Å².